The summed E-state index contributed by atoms with van der Waals surface area (Å²) in [6.07, 6.45) is 1.46. The minimum Gasteiger partial charge on any atom is -0.490 e. The summed E-state index contributed by atoms with van der Waals surface area (Å²) in [6, 6.07) is 3.05. The molecule has 0 saturated carbocycles. The first-order valence-electron chi connectivity index (χ1n) is 6.34. The molecule has 7 nitrogen and oxygen atoms in total. The molecule has 0 spiro atoms. The van der Waals surface area contributed by atoms with Gasteiger partial charge in [0.25, 0.3) is 0 Å². The Morgan fingerprint density at radius 2 is 2.00 bits per heavy atom. The predicted molar refractivity (Wildman–Crippen MR) is 76.3 cm³/mol. The molecule has 2 aromatic rings. The molecule has 106 valence electrons. The van der Waals surface area contributed by atoms with Crippen molar-refractivity contribution in [2.24, 2.45) is 0 Å². The lowest BCUT2D eigenvalue weighted by molar-refractivity contribution is -0.385. The number of methoxy groups -OCH3 is 1. The summed E-state index contributed by atoms with van der Waals surface area (Å²) in [7, 11) is 1.40. The topological polar surface area (TPSA) is 81.4 Å². The Hall–Kier alpha value is -2.44. The van der Waals surface area contributed by atoms with Gasteiger partial charge in [-0.1, -0.05) is 0 Å². The number of nitro groups is 1. The summed E-state index contributed by atoms with van der Waals surface area (Å²) in [5.74, 6) is 0.900. The smallest absolute Gasteiger partial charge is 0.311 e. The van der Waals surface area contributed by atoms with Gasteiger partial charge in [0.1, 0.15) is 12.1 Å². The zero-order valence-corrected chi connectivity index (χ0v) is 11.7. The monoisotopic (exact) mass is 276 g/mol. The summed E-state index contributed by atoms with van der Waals surface area (Å²) < 4.78 is 5.05. The maximum Gasteiger partial charge on any atom is 0.311 e. The average Bonchev–Trinajstić information content (AvgIpc) is 2.47. The molecule has 1 aromatic heterocycles. The number of ether oxygens (including phenoxy) is 1. The Labute approximate surface area is 116 Å². The molecule has 0 aliphatic heterocycles. The van der Waals surface area contributed by atoms with Crippen LogP contribution in [0.4, 0.5) is 11.5 Å². The minimum absolute atomic E-state index is 0.0804. The molecule has 20 heavy (non-hydrogen) atoms. The molecule has 0 saturated heterocycles. The van der Waals surface area contributed by atoms with Crippen LogP contribution >= 0.6 is 0 Å². The van der Waals surface area contributed by atoms with Gasteiger partial charge in [0.15, 0.2) is 5.75 Å². The molecule has 1 aromatic carbocycles. The van der Waals surface area contributed by atoms with E-state index in [2.05, 4.69) is 9.97 Å². The van der Waals surface area contributed by atoms with Gasteiger partial charge in [-0.15, -0.1) is 0 Å². The second-order valence-corrected chi connectivity index (χ2v) is 4.17. The van der Waals surface area contributed by atoms with Crippen LogP contribution in [-0.4, -0.2) is 35.1 Å². The molecule has 0 atom stereocenters. The third-order valence-corrected chi connectivity index (χ3v) is 3.17. The first-order chi connectivity index (χ1) is 9.62. The van der Waals surface area contributed by atoms with Gasteiger partial charge >= 0.3 is 5.69 Å². The Morgan fingerprint density at radius 3 is 2.55 bits per heavy atom. The highest BCUT2D eigenvalue weighted by Crippen LogP contribution is 2.34. The zero-order chi connectivity index (χ0) is 14.7. The van der Waals surface area contributed by atoms with Gasteiger partial charge in [0, 0.05) is 30.6 Å². The first-order valence-corrected chi connectivity index (χ1v) is 6.34. The molecule has 2 rings (SSSR count). The molecule has 7 heteroatoms. The van der Waals surface area contributed by atoms with Crippen LogP contribution in [0.3, 0.4) is 0 Å². The molecule has 0 bridgehead atoms. The number of nitro benzene ring substituents is 1. The third-order valence-electron chi connectivity index (χ3n) is 3.17. The molecule has 0 amide bonds. The van der Waals surface area contributed by atoms with Crippen LogP contribution in [0.15, 0.2) is 18.5 Å². The number of nitrogens with zero attached hydrogens (tertiary/aromatic N) is 4. The Balaban J connectivity index is 2.73. The minimum atomic E-state index is -0.461. The van der Waals surface area contributed by atoms with Gasteiger partial charge in [-0.2, -0.15) is 0 Å². The van der Waals surface area contributed by atoms with E-state index in [0.29, 0.717) is 16.7 Å². The van der Waals surface area contributed by atoms with Crippen LogP contribution in [-0.2, 0) is 0 Å². The van der Waals surface area contributed by atoms with Crippen molar-refractivity contribution in [3.63, 3.8) is 0 Å². The van der Waals surface area contributed by atoms with E-state index < -0.39 is 4.92 Å². The van der Waals surface area contributed by atoms with Gasteiger partial charge in [0.05, 0.1) is 17.5 Å². The van der Waals surface area contributed by atoms with Crippen molar-refractivity contribution >= 4 is 22.4 Å². The van der Waals surface area contributed by atoms with Crippen LogP contribution in [0.25, 0.3) is 10.9 Å². The van der Waals surface area contributed by atoms with Gasteiger partial charge in [-0.05, 0) is 13.8 Å². The molecule has 0 aliphatic carbocycles. The van der Waals surface area contributed by atoms with E-state index in [4.69, 9.17) is 4.74 Å². The molecular formula is C13H16N4O3. The van der Waals surface area contributed by atoms with Crippen molar-refractivity contribution < 1.29 is 9.66 Å². The predicted octanol–water partition coefficient (Wildman–Crippen LogP) is 2.39. The van der Waals surface area contributed by atoms with Gasteiger partial charge < -0.3 is 9.64 Å². The number of benzene rings is 1. The molecule has 0 N–H and O–H groups in total. The standard InChI is InChI=1S/C13H16N4O3/c1-4-16(5-2)13-9-6-11(17(18)19)12(20-3)7-10(9)14-8-15-13/h6-8H,4-5H2,1-3H3. The van der Waals surface area contributed by atoms with E-state index in [1.807, 2.05) is 18.7 Å². The lowest BCUT2D eigenvalue weighted by Crippen LogP contribution is -2.23. The maximum absolute atomic E-state index is 11.1. The molecule has 0 aliphatic rings. The molecule has 0 radical (unpaired) electrons. The number of anilines is 1. The van der Waals surface area contributed by atoms with Crippen molar-refractivity contribution in [2.45, 2.75) is 13.8 Å². The lowest BCUT2D eigenvalue weighted by Gasteiger charge is -2.21. The fourth-order valence-corrected chi connectivity index (χ4v) is 2.14. The van der Waals surface area contributed by atoms with E-state index >= 15 is 0 Å². The summed E-state index contributed by atoms with van der Waals surface area (Å²) >= 11 is 0. The van der Waals surface area contributed by atoms with E-state index in [0.717, 1.165) is 13.1 Å². The molecular weight excluding hydrogens is 260 g/mol. The van der Waals surface area contributed by atoms with Crippen LogP contribution in [0.5, 0.6) is 5.75 Å². The third kappa shape index (κ3) is 2.34. The summed E-state index contributed by atoms with van der Waals surface area (Å²) in [6.45, 7) is 5.55. The van der Waals surface area contributed by atoms with E-state index in [9.17, 15) is 10.1 Å². The zero-order valence-electron chi connectivity index (χ0n) is 11.7. The second kappa shape index (κ2) is 5.68. The van der Waals surface area contributed by atoms with Gasteiger partial charge in [-0.25, -0.2) is 9.97 Å². The largest absolute Gasteiger partial charge is 0.490 e. The Kier molecular flexibility index (Phi) is 3.97. The normalized spacial score (nSPS) is 10.6. The fourth-order valence-electron chi connectivity index (χ4n) is 2.14. The highest BCUT2D eigenvalue weighted by molar-refractivity contribution is 5.92. The first kappa shape index (κ1) is 14.0. The van der Waals surface area contributed by atoms with Crippen molar-refractivity contribution in [1.82, 2.24) is 9.97 Å². The van der Waals surface area contributed by atoms with Crippen molar-refractivity contribution in [2.75, 3.05) is 25.1 Å². The average molecular weight is 276 g/mol. The quantitative estimate of drug-likeness (QED) is 0.616. The number of fused-ring (bicyclic) bond motifs is 1. The number of aromatic nitrogens is 2. The molecule has 1 heterocycles. The highest BCUT2D eigenvalue weighted by Gasteiger charge is 2.19. The van der Waals surface area contributed by atoms with Crippen molar-refractivity contribution in [3.05, 3.63) is 28.6 Å². The van der Waals surface area contributed by atoms with Gasteiger partial charge in [0.2, 0.25) is 0 Å². The van der Waals surface area contributed by atoms with Crippen molar-refractivity contribution in [1.29, 1.82) is 0 Å². The van der Waals surface area contributed by atoms with E-state index in [1.165, 1.54) is 19.5 Å². The summed E-state index contributed by atoms with van der Waals surface area (Å²) in [5, 5.41) is 11.8. The van der Waals surface area contributed by atoms with Crippen LogP contribution in [0.1, 0.15) is 13.8 Å². The maximum atomic E-state index is 11.1. The van der Waals surface area contributed by atoms with Crippen LogP contribution in [0, 0.1) is 10.1 Å². The lowest BCUT2D eigenvalue weighted by atomic mass is 10.2. The highest BCUT2D eigenvalue weighted by atomic mass is 16.6. The SMILES string of the molecule is CCN(CC)c1ncnc2cc(OC)c([N+](=O)[O-])cc12. The number of rotatable bonds is 5. The van der Waals surface area contributed by atoms with E-state index in [1.54, 1.807) is 6.07 Å². The number of hydrogen-bond donors (Lipinski definition) is 0. The van der Waals surface area contributed by atoms with E-state index in [-0.39, 0.29) is 11.4 Å². The molecule has 0 unspecified atom stereocenters. The van der Waals surface area contributed by atoms with Gasteiger partial charge in [-0.3, -0.25) is 10.1 Å². The van der Waals surface area contributed by atoms with Crippen LogP contribution < -0.4 is 9.64 Å². The number of hydrogen-bond acceptors (Lipinski definition) is 6. The Bertz CT molecular complexity index is 641. The second-order valence-electron chi connectivity index (χ2n) is 4.17. The summed E-state index contributed by atoms with van der Waals surface area (Å²) in [5.41, 5.74) is 0.549. The van der Waals surface area contributed by atoms with Crippen LogP contribution in [0.2, 0.25) is 0 Å². The fraction of sp³-hybridized carbons (Fsp3) is 0.385. The Morgan fingerprint density at radius 1 is 1.30 bits per heavy atom. The molecule has 0 fully saturated rings. The van der Waals surface area contributed by atoms with Crippen molar-refractivity contribution in [3.8, 4) is 5.75 Å². The summed E-state index contributed by atoms with van der Waals surface area (Å²) in [4.78, 5) is 21.1.